The van der Waals surface area contributed by atoms with Gasteiger partial charge in [-0.25, -0.2) is 4.98 Å². The first-order valence-electron chi connectivity index (χ1n) is 16.0. The Morgan fingerprint density at radius 2 is 1.46 bits per heavy atom. The van der Waals surface area contributed by atoms with Crippen molar-refractivity contribution in [1.29, 1.82) is 0 Å². The highest BCUT2D eigenvalue weighted by molar-refractivity contribution is 8.00. The number of carbonyl (C=O) groups excluding carboxylic acids is 3. The third kappa shape index (κ3) is 8.60. The number of methoxy groups -OCH3 is 3. The fourth-order valence-corrected chi connectivity index (χ4v) is 5.95. The van der Waals surface area contributed by atoms with Crippen LogP contribution < -0.4 is 30.2 Å². The van der Waals surface area contributed by atoms with Gasteiger partial charge in [0.15, 0.2) is 17.1 Å². The lowest BCUT2D eigenvalue weighted by molar-refractivity contribution is -0.114. The van der Waals surface area contributed by atoms with Gasteiger partial charge in [0.05, 0.1) is 27.1 Å². The first kappa shape index (κ1) is 35.3. The van der Waals surface area contributed by atoms with E-state index in [1.54, 1.807) is 72.8 Å². The monoisotopic (exact) mass is 714 g/mol. The summed E-state index contributed by atoms with van der Waals surface area (Å²) < 4.78 is 22.2. The van der Waals surface area contributed by atoms with Crippen molar-refractivity contribution in [1.82, 2.24) is 10.3 Å². The number of benzene rings is 5. The van der Waals surface area contributed by atoms with Gasteiger partial charge in [-0.05, 0) is 90.5 Å². The quantitative estimate of drug-likeness (QED) is 0.0812. The van der Waals surface area contributed by atoms with Crippen molar-refractivity contribution in [2.45, 2.75) is 4.90 Å². The summed E-state index contributed by atoms with van der Waals surface area (Å²) >= 11 is 1.31. The molecule has 6 rings (SSSR count). The molecule has 0 aliphatic rings. The minimum absolute atomic E-state index is 0.0253. The first-order valence-corrected chi connectivity index (χ1v) is 17.0. The molecule has 1 heterocycles. The van der Waals surface area contributed by atoms with E-state index in [1.807, 2.05) is 42.5 Å². The number of thioether (sulfide) groups is 1. The number of hydrogen-bond acceptors (Lipinski definition) is 9. The number of fused-ring (bicyclic) bond motifs is 1. The van der Waals surface area contributed by atoms with E-state index in [-0.39, 0.29) is 17.4 Å². The molecule has 3 N–H and O–H groups in total. The number of oxazole rings is 1. The Balaban J connectivity index is 1.12. The second-order valence-corrected chi connectivity index (χ2v) is 12.3. The van der Waals surface area contributed by atoms with Crippen LogP contribution in [0.25, 0.3) is 28.6 Å². The normalized spacial score (nSPS) is 11.1. The van der Waals surface area contributed by atoms with Crippen molar-refractivity contribution in [2.75, 3.05) is 37.7 Å². The molecular formula is C40H34N4O7S. The van der Waals surface area contributed by atoms with Gasteiger partial charge >= 0.3 is 0 Å². The zero-order valence-corrected chi connectivity index (χ0v) is 29.3. The van der Waals surface area contributed by atoms with Crippen molar-refractivity contribution >= 4 is 58.0 Å². The summed E-state index contributed by atoms with van der Waals surface area (Å²) in [6.07, 6.45) is 1.52. The van der Waals surface area contributed by atoms with Gasteiger partial charge in [0.2, 0.25) is 17.5 Å². The minimum atomic E-state index is -0.570. The van der Waals surface area contributed by atoms with Gasteiger partial charge in [-0.2, -0.15) is 0 Å². The molecule has 0 saturated carbocycles. The van der Waals surface area contributed by atoms with Crippen molar-refractivity contribution in [3.05, 3.63) is 132 Å². The molecule has 52 heavy (non-hydrogen) atoms. The van der Waals surface area contributed by atoms with Gasteiger partial charge in [-0.1, -0.05) is 36.4 Å². The van der Waals surface area contributed by atoms with E-state index in [0.29, 0.717) is 51.2 Å². The van der Waals surface area contributed by atoms with Gasteiger partial charge in [0.25, 0.3) is 11.8 Å². The lowest BCUT2D eigenvalue weighted by atomic mass is 10.1. The molecule has 1 aromatic heterocycles. The van der Waals surface area contributed by atoms with Gasteiger partial charge in [-0.15, -0.1) is 11.8 Å². The molecule has 6 aromatic rings. The molecule has 0 bridgehead atoms. The van der Waals surface area contributed by atoms with E-state index in [9.17, 15) is 14.4 Å². The number of nitrogens with one attached hydrogen (secondary N) is 3. The van der Waals surface area contributed by atoms with Crippen LogP contribution in [-0.4, -0.2) is 49.8 Å². The highest BCUT2D eigenvalue weighted by Gasteiger charge is 2.18. The van der Waals surface area contributed by atoms with Gasteiger partial charge in [-0.3, -0.25) is 14.4 Å². The van der Waals surface area contributed by atoms with Crippen molar-refractivity contribution in [3.63, 3.8) is 0 Å². The molecule has 0 saturated heterocycles. The molecule has 0 fully saturated rings. The van der Waals surface area contributed by atoms with Crippen LogP contribution in [-0.2, 0) is 9.59 Å². The Morgan fingerprint density at radius 3 is 2.15 bits per heavy atom. The molecule has 11 nitrogen and oxygen atoms in total. The number of hydrogen-bond donors (Lipinski definition) is 3. The highest BCUT2D eigenvalue weighted by Crippen LogP contribution is 2.38. The predicted octanol–water partition coefficient (Wildman–Crippen LogP) is 7.66. The summed E-state index contributed by atoms with van der Waals surface area (Å²) in [6, 6.07) is 33.8. The van der Waals surface area contributed by atoms with E-state index in [0.717, 1.165) is 16.0 Å². The minimum Gasteiger partial charge on any atom is -0.493 e. The Hall–Kier alpha value is -6.53. The summed E-state index contributed by atoms with van der Waals surface area (Å²) in [6.45, 7) is 0. The smallest absolute Gasteiger partial charge is 0.272 e. The molecule has 262 valence electrons. The molecule has 0 spiro atoms. The van der Waals surface area contributed by atoms with Crippen LogP contribution in [0.2, 0.25) is 0 Å². The molecule has 0 aliphatic heterocycles. The molecule has 0 radical (unpaired) electrons. The van der Waals surface area contributed by atoms with Crippen LogP contribution in [0.1, 0.15) is 15.9 Å². The third-order valence-electron chi connectivity index (χ3n) is 7.70. The van der Waals surface area contributed by atoms with Gasteiger partial charge < -0.3 is 34.6 Å². The fourth-order valence-electron chi connectivity index (χ4n) is 5.19. The Labute approximate surface area is 304 Å². The zero-order valence-electron chi connectivity index (χ0n) is 28.5. The highest BCUT2D eigenvalue weighted by atomic mass is 32.2. The van der Waals surface area contributed by atoms with Crippen LogP contribution in [0.15, 0.2) is 130 Å². The standard InChI is InChI=1S/C40H34N4O7S/c1-48-34-21-25(22-35(49-2)37(34)50-3)20-32(43-38(46)26-10-5-4-6-11-26)39(47)42-29-12-9-13-30(23-29)52-24-36(45)41-28-18-16-27(17-19-28)40-44-31-14-7-8-15-33(31)51-40/h4-23H,24H2,1-3H3,(H,41,45)(H,42,47)(H,43,46)/b32-20+. The molecule has 0 atom stereocenters. The van der Waals surface area contributed by atoms with Crippen molar-refractivity contribution in [2.24, 2.45) is 0 Å². The van der Waals surface area contributed by atoms with Gasteiger partial charge in [0, 0.05) is 27.4 Å². The van der Waals surface area contributed by atoms with Crippen LogP contribution in [0.3, 0.4) is 0 Å². The number of ether oxygens (including phenoxy) is 3. The maximum Gasteiger partial charge on any atom is 0.272 e. The van der Waals surface area contributed by atoms with E-state index in [2.05, 4.69) is 20.9 Å². The molecular weight excluding hydrogens is 681 g/mol. The van der Waals surface area contributed by atoms with Crippen LogP contribution in [0.5, 0.6) is 17.2 Å². The van der Waals surface area contributed by atoms with Crippen LogP contribution in [0.4, 0.5) is 11.4 Å². The number of aromatic nitrogens is 1. The average molecular weight is 715 g/mol. The summed E-state index contributed by atoms with van der Waals surface area (Å²) in [5, 5.41) is 8.49. The lowest BCUT2D eigenvalue weighted by Crippen LogP contribution is -2.30. The molecule has 12 heteroatoms. The maximum absolute atomic E-state index is 13.7. The molecule has 0 aliphatic carbocycles. The average Bonchev–Trinajstić information content (AvgIpc) is 3.61. The molecule has 5 aromatic carbocycles. The number of nitrogens with zero attached hydrogens (tertiary/aromatic N) is 1. The number of amides is 3. The third-order valence-corrected chi connectivity index (χ3v) is 8.69. The predicted molar refractivity (Wildman–Crippen MR) is 202 cm³/mol. The first-order chi connectivity index (χ1) is 25.3. The van der Waals surface area contributed by atoms with Crippen LogP contribution >= 0.6 is 11.8 Å². The number of carbonyl (C=O) groups is 3. The fraction of sp³-hybridized carbons (Fsp3) is 0.100. The van der Waals surface area contributed by atoms with Crippen molar-refractivity contribution < 1.29 is 33.0 Å². The summed E-state index contributed by atoms with van der Waals surface area (Å²) in [7, 11) is 4.47. The molecule has 0 unspecified atom stereocenters. The zero-order chi connectivity index (χ0) is 36.5. The van der Waals surface area contributed by atoms with E-state index in [1.165, 1.54) is 39.2 Å². The maximum atomic E-state index is 13.7. The second kappa shape index (κ2) is 16.5. The van der Waals surface area contributed by atoms with E-state index in [4.69, 9.17) is 18.6 Å². The Morgan fingerprint density at radius 1 is 0.750 bits per heavy atom. The van der Waals surface area contributed by atoms with Gasteiger partial charge in [0.1, 0.15) is 11.2 Å². The van der Waals surface area contributed by atoms with Crippen molar-refractivity contribution in [3.8, 4) is 28.7 Å². The number of para-hydroxylation sites is 2. The van der Waals surface area contributed by atoms with Crippen LogP contribution in [0, 0.1) is 0 Å². The summed E-state index contributed by atoms with van der Waals surface area (Å²) in [5.74, 6) is 0.547. The SMILES string of the molecule is COc1cc(/C=C(/NC(=O)c2ccccc2)C(=O)Nc2cccc(SCC(=O)Nc3ccc(-c4nc5ccccc5o4)cc3)c2)cc(OC)c1OC. The number of rotatable bonds is 13. The number of anilines is 2. The topological polar surface area (TPSA) is 141 Å². The van der Waals surface area contributed by atoms with E-state index >= 15 is 0 Å². The lowest BCUT2D eigenvalue weighted by Gasteiger charge is -2.15. The largest absolute Gasteiger partial charge is 0.493 e. The molecule has 3 amide bonds. The Bertz CT molecular complexity index is 2190. The summed E-state index contributed by atoms with van der Waals surface area (Å²) in [4.78, 5) is 44.9. The van der Waals surface area contributed by atoms with E-state index < -0.39 is 11.8 Å². The Kier molecular flexibility index (Phi) is 11.2. The summed E-state index contributed by atoms with van der Waals surface area (Å²) in [5.41, 5.74) is 4.25. The second-order valence-electron chi connectivity index (χ2n) is 11.2.